The molecule has 1 aliphatic heterocycles. The van der Waals surface area contributed by atoms with E-state index in [0.717, 1.165) is 0 Å². The molecule has 0 aliphatic carbocycles. The average molecular weight is 177 g/mol. The Kier molecular flexibility index (Phi) is 2.63. The fourth-order valence-electron chi connectivity index (χ4n) is 1.15. The van der Waals surface area contributed by atoms with Gasteiger partial charge in [0.2, 0.25) is 0 Å². The first-order valence-corrected chi connectivity index (χ1v) is 3.54. The van der Waals surface area contributed by atoms with E-state index in [4.69, 9.17) is 20.4 Å². The third-order valence-corrected chi connectivity index (χ3v) is 1.90. The minimum atomic E-state index is -1.47. The zero-order valence-electron chi connectivity index (χ0n) is 6.21. The van der Waals surface area contributed by atoms with Gasteiger partial charge in [-0.3, -0.25) is 10.1 Å². The van der Waals surface area contributed by atoms with Gasteiger partial charge >= 0.3 is 5.97 Å². The highest BCUT2D eigenvalue weighted by Gasteiger charge is 2.39. The molecule has 0 saturated carbocycles. The van der Waals surface area contributed by atoms with Crippen LogP contribution in [0.2, 0.25) is 0 Å². The molecule has 0 radical (unpaired) electrons. The van der Waals surface area contributed by atoms with Crippen LogP contribution in [0.25, 0.3) is 0 Å². The fourth-order valence-corrected chi connectivity index (χ4v) is 1.15. The molecule has 6 nitrogen and oxygen atoms in total. The number of hydrogen-bond acceptors (Lipinski definition) is 5. The number of aliphatic carboxylic acids is 1. The van der Waals surface area contributed by atoms with Crippen molar-refractivity contribution in [2.75, 3.05) is 6.54 Å². The van der Waals surface area contributed by atoms with Gasteiger partial charge in [-0.05, 0) is 0 Å². The number of hydrogen-bond donors (Lipinski definition) is 5. The van der Waals surface area contributed by atoms with Crippen LogP contribution in [0, 0.1) is 0 Å². The van der Waals surface area contributed by atoms with Crippen LogP contribution >= 0.6 is 0 Å². The van der Waals surface area contributed by atoms with E-state index in [9.17, 15) is 4.79 Å². The Morgan fingerprint density at radius 2 is 1.83 bits per heavy atom. The van der Waals surface area contributed by atoms with Gasteiger partial charge in [0.15, 0.2) is 0 Å². The topological polar surface area (TPSA) is 110 Å². The molecule has 0 amide bonds. The monoisotopic (exact) mass is 177 g/mol. The van der Waals surface area contributed by atoms with Crippen LogP contribution in [0.4, 0.5) is 0 Å². The highest BCUT2D eigenvalue weighted by atomic mass is 16.4. The Morgan fingerprint density at radius 1 is 1.25 bits per heavy atom. The second kappa shape index (κ2) is 3.36. The molecular formula is C6H11NO5. The molecule has 0 aromatic heterocycles. The molecule has 1 aliphatic rings. The summed E-state index contributed by atoms with van der Waals surface area (Å²) in [6, 6.07) is -1.21. The summed E-state index contributed by atoms with van der Waals surface area (Å²) in [5, 5.41) is 38.1. The number of piperidine rings is 1. The lowest BCUT2D eigenvalue weighted by atomic mass is 9.96. The van der Waals surface area contributed by atoms with Crippen molar-refractivity contribution in [1.29, 1.82) is 0 Å². The third kappa shape index (κ3) is 1.56. The van der Waals surface area contributed by atoms with Crippen molar-refractivity contribution in [3.63, 3.8) is 0 Å². The maximum Gasteiger partial charge on any atom is 0.323 e. The van der Waals surface area contributed by atoms with E-state index >= 15 is 0 Å². The number of nitrogens with one attached hydrogen (secondary N) is 1. The van der Waals surface area contributed by atoms with E-state index in [-0.39, 0.29) is 6.54 Å². The van der Waals surface area contributed by atoms with Crippen molar-refractivity contribution in [3.8, 4) is 0 Å². The molecule has 6 heteroatoms. The highest BCUT2D eigenvalue weighted by Crippen LogP contribution is 2.10. The molecule has 70 valence electrons. The molecule has 1 fully saturated rings. The first kappa shape index (κ1) is 9.40. The van der Waals surface area contributed by atoms with Crippen molar-refractivity contribution < 1.29 is 25.2 Å². The average Bonchev–Trinajstić information content (AvgIpc) is 2.00. The Balaban J connectivity index is 2.65. The molecule has 1 heterocycles. The van der Waals surface area contributed by atoms with Crippen molar-refractivity contribution in [1.82, 2.24) is 5.32 Å². The Bertz CT molecular complexity index is 185. The molecule has 12 heavy (non-hydrogen) atoms. The van der Waals surface area contributed by atoms with E-state index in [2.05, 4.69) is 5.32 Å². The Labute approximate surface area is 68.4 Å². The van der Waals surface area contributed by atoms with Gasteiger partial charge < -0.3 is 20.4 Å². The second-order valence-electron chi connectivity index (χ2n) is 2.77. The van der Waals surface area contributed by atoms with Crippen LogP contribution in [-0.4, -0.2) is 57.3 Å². The third-order valence-electron chi connectivity index (χ3n) is 1.90. The zero-order valence-corrected chi connectivity index (χ0v) is 6.21. The molecule has 0 bridgehead atoms. The minimum absolute atomic E-state index is 0.0325. The first-order chi connectivity index (χ1) is 5.54. The van der Waals surface area contributed by atoms with Crippen LogP contribution in [0.15, 0.2) is 0 Å². The molecule has 1 rings (SSSR count). The number of β-amino-alcohol motifs (C(OH)–C–C–N with tert-alkyl or cyclic N) is 1. The molecule has 0 aromatic carbocycles. The van der Waals surface area contributed by atoms with Gasteiger partial charge in [0.1, 0.15) is 18.2 Å². The maximum atomic E-state index is 10.4. The normalized spacial score (nSPS) is 42.6. The molecule has 4 atom stereocenters. The van der Waals surface area contributed by atoms with Gasteiger partial charge in [-0.15, -0.1) is 0 Å². The predicted octanol–water partition coefficient (Wildman–Crippen LogP) is -2.87. The summed E-state index contributed by atoms with van der Waals surface area (Å²) in [7, 11) is 0. The number of rotatable bonds is 1. The van der Waals surface area contributed by atoms with Crippen LogP contribution in [0.5, 0.6) is 0 Å². The van der Waals surface area contributed by atoms with E-state index in [1.807, 2.05) is 0 Å². The van der Waals surface area contributed by atoms with E-state index in [1.54, 1.807) is 0 Å². The first-order valence-electron chi connectivity index (χ1n) is 3.54. The van der Waals surface area contributed by atoms with E-state index in [0.29, 0.717) is 0 Å². The van der Waals surface area contributed by atoms with Crippen LogP contribution in [-0.2, 0) is 4.79 Å². The summed E-state index contributed by atoms with van der Waals surface area (Å²) in [6.45, 7) is -0.0325. The summed E-state index contributed by atoms with van der Waals surface area (Å²) in [5.74, 6) is -1.24. The largest absolute Gasteiger partial charge is 0.480 e. The second-order valence-corrected chi connectivity index (χ2v) is 2.77. The summed E-state index contributed by atoms with van der Waals surface area (Å²) in [4.78, 5) is 10.4. The fraction of sp³-hybridized carbons (Fsp3) is 0.833. The van der Waals surface area contributed by atoms with Crippen molar-refractivity contribution in [2.24, 2.45) is 0 Å². The smallest absolute Gasteiger partial charge is 0.323 e. The number of carboxylic acids is 1. The highest BCUT2D eigenvalue weighted by molar-refractivity contribution is 5.74. The van der Waals surface area contributed by atoms with Crippen molar-refractivity contribution in [3.05, 3.63) is 0 Å². The zero-order chi connectivity index (χ0) is 9.30. The number of carbonyl (C=O) groups is 1. The van der Waals surface area contributed by atoms with E-state index < -0.39 is 30.3 Å². The summed E-state index contributed by atoms with van der Waals surface area (Å²) in [6.07, 6.45) is -3.98. The Morgan fingerprint density at radius 3 is 2.33 bits per heavy atom. The summed E-state index contributed by atoms with van der Waals surface area (Å²) < 4.78 is 0. The lowest BCUT2D eigenvalue weighted by Crippen LogP contribution is -2.62. The van der Waals surface area contributed by atoms with Crippen LogP contribution in [0.1, 0.15) is 0 Å². The molecule has 2 unspecified atom stereocenters. The summed E-state index contributed by atoms with van der Waals surface area (Å²) >= 11 is 0. The molecule has 1 saturated heterocycles. The quantitative estimate of drug-likeness (QED) is 0.294. The molecule has 5 N–H and O–H groups in total. The van der Waals surface area contributed by atoms with Crippen molar-refractivity contribution >= 4 is 5.97 Å². The van der Waals surface area contributed by atoms with Gasteiger partial charge in [-0.2, -0.15) is 0 Å². The Hall–Kier alpha value is -0.690. The predicted molar refractivity (Wildman–Crippen MR) is 37.4 cm³/mol. The molecule has 0 aromatic rings. The summed E-state index contributed by atoms with van der Waals surface area (Å²) in [5.41, 5.74) is 0. The maximum absolute atomic E-state index is 10.4. The number of carboxylic acid groups (broad SMARTS) is 1. The van der Waals surface area contributed by atoms with Crippen LogP contribution in [0.3, 0.4) is 0 Å². The standard InChI is InChI=1S/C6H11NO5/c8-2-1-7-3(6(11)12)5(10)4(2)9/h2-5,7-10H,1H2,(H,11,12)/t2?,3?,4-,5-/m1/s1. The van der Waals surface area contributed by atoms with Gasteiger partial charge in [-0.1, -0.05) is 0 Å². The lowest BCUT2D eigenvalue weighted by Gasteiger charge is -2.33. The number of aliphatic hydroxyl groups excluding tert-OH is 3. The van der Waals surface area contributed by atoms with Gasteiger partial charge in [-0.25, -0.2) is 0 Å². The van der Waals surface area contributed by atoms with Gasteiger partial charge in [0.05, 0.1) is 6.10 Å². The molecular weight excluding hydrogens is 166 g/mol. The molecule has 0 spiro atoms. The van der Waals surface area contributed by atoms with Gasteiger partial charge in [0, 0.05) is 6.54 Å². The van der Waals surface area contributed by atoms with Gasteiger partial charge in [0.25, 0.3) is 0 Å². The van der Waals surface area contributed by atoms with E-state index in [1.165, 1.54) is 0 Å². The van der Waals surface area contributed by atoms with Crippen LogP contribution < -0.4 is 5.32 Å². The lowest BCUT2D eigenvalue weighted by molar-refractivity contribution is -0.152. The minimum Gasteiger partial charge on any atom is -0.480 e. The SMILES string of the molecule is O=C(O)C1NCC(O)[C@@H](O)[C@@H]1O. The number of aliphatic hydroxyl groups is 3. The van der Waals surface area contributed by atoms with Crippen molar-refractivity contribution in [2.45, 2.75) is 24.4 Å².